The zero-order valence-corrected chi connectivity index (χ0v) is 13.7. The van der Waals surface area contributed by atoms with Crippen molar-refractivity contribution in [1.29, 1.82) is 0 Å². The predicted octanol–water partition coefficient (Wildman–Crippen LogP) is 2.17. The van der Waals surface area contributed by atoms with E-state index in [4.69, 9.17) is 16.3 Å². The molecule has 0 aromatic heterocycles. The summed E-state index contributed by atoms with van der Waals surface area (Å²) in [6.07, 6.45) is 1.49. The van der Waals surface area contributed by atoms with Gasteiger partial charge in [0.05, 0.1) is 24.2 Å². The minimum absolute atomic E-state index is 0.0520. The molecule has 2 aliphatic rings. The van der Waals surface area contributed by atoms with Crippen molar-refractivity contribution in [2.75, 3.05) is 0 Å². The van der Waals surface area contributed by atoms with E-state index in [1.165, 1.54) is 6.07 Å². The van der Waals surface area contributed by atoms with Gasteiger partial charge in [-0.3, -0.25) is 9.59 Å². The van der Waals surface area contributed by atoms with Crippen molar-refractivity contribution in [2.45, 2.75) is 32.5 Å². The van der Waals surface area contributed by atoms with Crippen LogP contribution in [0.25, 0.3) is 0 Å². The zero-order valence-electron chi connectivity index (χ0n) is 12.1. The quantitative estimate of drug-likeness (QED) is 0.473. The maximum absolute atomic E-state index is 12.8. The summed E-state index contributed by atoms with van der Waals surface area (Å²) in [7, 11) is -2.34. The highest BCUT2D eigenvalue weighted by molar-refractivity contribution is 7.71. The number of allylic oxidation sites excluding steroid dienone is 2. The summed E-state index contributed by atoms with van der Waals surface area (Å²) < 4.78 is 27.1. The van der Waals surface area contributed by atoms with E-state index < -0.39 is 16.1 Å². The van der Waals surface area contributed by atoms with Gasteiger partial charge >= 0.3 is 0 Å². The van der Waals surface area contributed by atoms with Crippen LogP contribution in [0, 0.1) is 0 Å². The Morgan fingerprint density at radius 1 is 1.17 bits per heavy atom. The third kappa shape index (κ3) is 3.02. The van der Waals surface area contributed by atoms with E-state index in [9.17, 15) is 18.0 Å². The fourth-order valence-electron chi connectivity index (χ4n) is 2.92. The summed E-state index contributed by atoms with van der Waals surface area (Å²) in [6.45, 7) is 0.447. The van der Waals surface area contributed by atoms with Gasteiger partial charge in [0, 0.05) is 17.0 Å². The summed E-state index contributed by atoms with van der Waals surface area (Å²) in [4.78, 5) is 24.8. The average molecular weight is 353 g/mol. The molecule has 1 aliphatic carbocycles. The van der Waals surface area contributed by atoms with Crippen molar-refractivity contribution in [2.24, 2.45) is 0 Å². The van der Waals surface area contributed by atoms with Gasteiger partial charge in [0.15, 0.2) is 11.6 Å². The summed E-state index contributed by atoms with van der Waals surface area (Å²) in [5.41, 5.74) is 2.20. The fraction of sp³-hybridized carbons (Fsp3) is 0.312. The molecule has 0 bridgehead atoms. The first-order valence-corrected chi connectivity index (χ1v) is 8.62. The predicted molar refractivity (Wildman–Crippen MR) is 85.1 cm³/mol. The molecule has 120 valence electrons. The zero-order chi connectivity index (χ0) is 16.6. The number of fused-ring (bicyclic) bond motifs is 1. The van der Waals surface area contributed by atoms with E-state index in [2.05, 4.69) is 0 Å². The number of halogens is 1. The Morgan fingerprint density at radius 2 is 1.91 bits per heavy atom. The Bertz CT molecular complexity index is 872. The van der Waals surface area contributed by atoms with Crippen LogP contribution in [-0.2, 0) is 33.0 Å². The summed E-state index contributed by atoms with van der Waals surface area (Å²) in [5.74, 6) is -0.647. The minimum Gasteiger partial charge on any atom is -0.372 e. The second kappa shape index (κ2) is 6.39. The molecule has 0 atom stereocenters. The topological polar surface area (TPSA) is 77.5 Å². The third-order valence-electron chi connectivity index (χ3n) is 4.01. The second-order valence-corrected chi connectivity index (χ2v) is 6.63. The molecule has 0 amide bonds. The molecule has 5 nitrogen and oxygen atoms in total. The monoisotopic (exact) mass is 352 g/mol. The molecule has 0 fully saturated rings. The molecular formula is C16H13ClO5S. The maximum atomic E-state index is 12.8. The van der Waals surface area contributed by atoms with Gasteiger partial charge in [-0.05, 0) is 29.5 Å². The van der Waals surface area contributed by atoms with Crippen LogP contribution in [0.5, 0.6) is 0 Å². The Kier molecular flexibility index (Phi) is 4.48. The lowest BCUT2D eigenvalue weighted by Crippen LogP contribution is -2.19. The fourth-order valence-corrected chi connectivity index (χ4v) is 3.67. The van der Waals surface area contributed by atoms with Crippen LogP contribution in [0.15, 0.2) is 22.7 Å². The lowest BCUT2D eigenvalue weighted by atomic mass is 9.88. The molecule has 3 rings (SSSR count). The number of benzene rings is 1. The van der Waals surface area contributed by atoms with Crippen LogP contribution in [0.1, 0.15) is 46.3 Å². The van der Waals surface area contributed by atoms with Gasteiger partial charge in [0.1, 0.15) is 0 Å². The molecule has 1 aliphatic heterocycles. The van der Waals surface area contributed by atoms with Gasteiger partial charge in [-0.1, -0.05) is 23.7 Å². The normalized spacial score (nSPS) is 17.2. The van der Waals surface area contributed by atoms with Crippen molar-refractivity contribution in [1.82, 2.24) is 0 Å². The van der Waals surface area contributed by atoms with E-state index in [1.807, 2.05) is 0 Å². The molecule has 0 saturated heterocycles. The van der Waals surface area contributed by atoms with Crippen molar-refractivity contribution in [3.63, 3.8) is 0 Å². The molecule has 0 saturated carbocycles. The Labute approximate surface area is 139 Å². The second-order valence-electron chi connectivity index (χ2n) is 5.42. The molecule has 1 heterocycles. The number of ketones is 2. The van der Waals surface area contributed by atoms with Gasteiger partial charge in [-0.25, -0.2) is 0 Å². The molecule has 0 unspecified atom stereocenters. The average Bonchev–Trinajstić information content (AvgIpc) is 2.96. The first-order valence-electron chi connectivity index (χ1n) is 7.11. The lowest BCUT2D eigenvalue weighted by Gasteiger charge is -2.15. The molecule has 1 aromatic carbocycles. The van der Waals surface area contributed by atoms with Crippen molar-refractivity contribution < 1.29 is 22.7 Å². The standard InChI is InChI=1S/C16H13ClO5S/c17-13-2-1-3-14(18)15(13)16(19)10-5-4-9(8-23(20)21)11-6-22-7-12(10)11/h4-5,8H,1-3,6-7H2. The van der Waals surface area contributed by atoms with Crippen molar-refractivity contribution >= 4 is 38.8 Å². The van der Waals surface area contributed by atoms with Gasteiger partial charge in [-0.2, -0.15) is 8.42 Å². The summed E-state index contributed by atoms with van der Waals surface area (Å²) >= 11 is 6.09. The highest BCUT2D eigenvalue weighted by Gasteiger charge is 2.30. The minimum atomic E-state index is -2.34. The van der Waals surface area contributed by atoms with Gasteiger partial charge in [0.25, 0.3) is 0 Å². The van der Waals surface area contributed by atoms with Gasteiger partial charge < -0.3 is 4.74 Å². The third-order valence-corrected chi connectivity index (χ3v) is 4.83. The highest BCUT2D eigenvalue weighted by Crippen LogP contribution is 2.32. The largest absolute Gasteiger partial charge is 0.372 e. The molecule has 0 N–H and O–H groups in total. The Balaban J connectivity index is 2.12. The number of rotatable bonds is 3. The van der Waals surface area contributed by atoms with Crippen LogP contribution >= 0.6 is 11.6 Å². The van der Waals surface area contributed by atoms with Crippen LogP contribution in [0.3, 0.4) is 0 Å². The number of carbonyl (C=O) groups is 2. The maximum Gasteiger partial charge on any atom is 0.214 e. The van der Waals surface area contributed by atoms with E-state index in [0.29, 0.717) is 46.5 Å². The molecule has 7 heteroatoms. The van der Waals surface area contributed by atoms with E-state index >= 15 is 0 Å². The van der Waals surface area contributed by atoms with E-state index in [0.717, 1.165) is 5.37 Å². The molecular weight excluding hydrogens is 340 g/mol. The molecule has 1 aromatic rings. The summed E-state index contributed by atoms with van der Waals surface area (Å²) in [6, 6.07) is 3.09. The van der Waals surface area contributed by atoms with Crippen LogP contribution < -0.4 is 0 Å². The smallest absolute Gasteiger partial charge is 0.214 e. The first kappa shape index (κ1) is 16.1. The van der Waals surface area contributed by atoms with Crippen molar-refractivity contribution in [3.05, 3.63) is 45.0 Å². The molecule has 23 heavy (non-hydrogen) atoms. The Hall–Kier alpha value is -1.76. The van der Waals surface area contributed by atoms with Crippen LogP contribution in [-0.4, -0.2) is 25.4 Å². The number of carbonyl (C=O) groups excluding carboxylic acids is 2. The number of Topliss-reactive ketones (excluding diaryl/α,β-unsaturated/α-hetero) is 2. The number of ether oxygens (including phenoxy) is 1. The molecule has 0 radical (unpaired) electrons. The summed E-state index contributed by atoms with van der Waals surface area (Å²) in [5, 5.41) is 1.38. The first-order chi connectivity index (χ1) is 11.0. The number of hydrogen-bond acceptors (Lipinski definition) is 5. The SMILES string of the molecule is O=C1CCCC(Cl)=C1C(=O)c1ccc(C=S(=O)=O)c2c1COC2. The molecule has 0 spiro atoms. The van der Waals surface area contributed by atoms with Crippen LogP contribution in [0.2, 0.25) is 0 Å². The van der Waals surface area contributed by atoms with E-state index in [1.54, 1.807) is 6.07 Å². The lowest BCUT2D eigenvalue weighted by molar-refractivity contribution is -0.115. The number of hydrogen-bond donors (Lipinski definition) is 0. The van der Waals surface area contributed by atoms with Gasteiger partial charge in [-0.15, -0.1) is 0 Å². The van der Waals surface area contributed by atoms with Crippen LogP contribution in [0.4, 0.5) is 0 Å². The van der Waals surface area contributed by atoms with E-state index in [-0.39, 0.29) is 24.6 Å². The van der Waals surface area contributed by atoms with Crippen molar-refractivity contribution in [3.8, 4) is 0 Å². The highest BCUT2D eigenvalue weighted by atomic mass is 35.5. The van der Waals surface area contributed by atoms with Gasteiger partial charge in [0.2, 0.25) is 10.3 Å². The Morgan fingerprint density at radius 3 is 2.61 bits per heavy atom.